The van der Waals surface area contributed by atoms with Gasteiger partial charge in [0, 0.05) is 33.0 Å². The van der Waals surface area contributed by atoms with Crippen molar-refractivity contribution >= 4 is 25.7 Å². The summed E-state index contributed by atoms with van der Waals surface area (Å²) >= 11 is 0. The molecule has 0 aliphatic rings. The molecule has 0 aliphatic heterocycles. The van der Waals surface area contributed by atoms with Crippen LogP contribution in [0.2, 0.25) is 0 Å². The number of carbonyl (C=O) groups excluding carboxylic acids is 3. The summed E-state index contributed by atoms with van der Waals surface area (Å²) in [5.74, 6) is -1.73. The Hall–Kier alpha value is -1.60. The molecular formula is C18H35N2O11P. The number of hydrogen-bond donors (Lipinski definition) is 3. The summed E-state index contributed by atoms with van der Waals surface area (Å²) in [5.41, 5.74) is 0. The monoisotopic (exact) mass is 486 g/mol. The highest BCUT2D eigenvalue weighted by atomic mass is 31.2. The van der Waals surface area contributed by atoms with Gasteiger partial charge in [0.15, 0.2) is 6.10 Å². The number of hydrogen-bond acceptors (Lipinski definition) is 11. The molecule has 32 heavy (non-hydrogen) atoms. The van der Waals surface area contributed by atoms with Gasteiger partial charge in [-0.2, -0.15) is 0 Å². The number of amides is 1. The average molecular weight is 486 g/mol. The van der Waals surface area contributed by atoms with Gasteiger partial charge in [0.1, 0.15) is 13.2 Å². The Morgan fingerprint density at radius 2 is 1.59 bits per heavy atom. The maximum Gasteiger partial charge on any atom is 0.472 e. The van der Waals surface area contributed by atoms with E-state index >= 15 is 0 Å². The van der Waals surface area contributed by atoms with Crippen LogP contribution in [0.25, 0.3) is 0 Å². The fourth-order valence-electron chi connectivity index (χ4n) is 1.98. The van der Waals surface area contributed by atoms with Gasteiger partial charge in [-0.15, -0.1) is 0 Å². The lowest BCUT2D eigenvalue weighted by atomic mass is 10.4. The molecule has 1 amide bonds. The zero-order valence-corrected chi connectivity index (χ0v) is 19.9. The summed E-state index contributed by atoms with van der Waals surface area (Å²) in [4.78, 5) is 43.1. The van der Waals surface area contributed by atoms with E-state index in [1.54, 1.807) is 0 Å². The molecule has 0 rings (SSSR count). The average Bonchev–Trinajstić information content (AvgIpc) is 2.68. The van der Waals surface area contributed by atoms with E-state index in [4.69, 9.17) is 23.3 Å². The van der Waals surface area contributed by atoms with E-state index in [1.165, 1.54) is 0 Å². The molecule has 0 spiro atoms. The number of esters is 2. The smallest absolute Gasteiger partial charge is 0.462 e. The molecule has 3 N–H and O–H groups in total. The Balaban J connectivity index is 3.90. The molecule has 0 aromatic carbocycles. The molecule has 188 valence electrons. The Labute approximate surface area is 188 Å². The number of nitrogens with one attached hydrogen (secondary N) is 2. The number of phosphoric ester groups is 1. The van der Waals surface area contributed by atoms with Gasteiger partial charge in [-0.05, 0) is 0 Å². The van der Waals surface area contributed by atoms with E-state index in [0.29, 0.717) is 19.3 Å². The second-order valence-corrected chi connectivity index (χ2v) is 8.21. The van der Waals surface area contributed by atoms with Gasteiger partial charge in [-0.3, -0.25) is 23.4 Å². The summed E-state index contributed by atoms with van der Waals surface area (Å²) in [5, 5.41) is 5.65. The van der Waals surface area contributed by atoms with Gasteiger partial charge in [0.05, 0.1) is 33.0 Å². The van der Waals surface area contributed by atoms with Crippen LogP contribution in [0.3, 0.4) is 0 Å². The van der Waals surface area contributed by atoms with Gasteiger partial charge in [-0.25, -0.2) is 4.57 Å². The third kappa shape index (κ3) is 20.3. The maximum atomic E-state index is 11.9. The molecule has 14 heteroatoms. The van der Waals surface area contributed by atoms with Crippen LogP contribution in [0.5, 0.6) is 0 Å². The molecular weight excluding hydrogens is 451 g/mol. The van der Waals surface area contributed by atoms with Crippen LogP contribution in [-0.4, -0.2) is 94.2 Å². The van der Waals surface area contributed by atoms with Crippen LogP contribution in [0.1, 0.15) is 27.7 Å². The van der Waals surface area contributed by atoms with Crippen molar-refractivity contribution in [1.29, 1.82) is 0 Å². The highest BCUT2D eigenvalue weighted by molar-refractivity contribution is 7.47. The van der Waals surface area contributed by atoms with Crippen LogP contribution in [0.15, 0.2) is 0 Å². The SMILES string of the molecule is CC(=O)OC[C@H](COP(=O)(O)OCCNC(=O)COCCOCCNC(C)C)OC(C)=O. The highest BCUT2D eigenvalue weighted by Crippen LogP contribution is 2.43. The van der Waals surface area contributed by atoms with Crippen molar-refractivity contribution in [3.8, 4) is 0 Å². The van der Waals surface area contributed by atoms with E-state index in [1.807, 2.05) is 13.8 Å². The summed E-state index contributed by atoms with van der Waals surface area (Å²) in [6.45, 7) is 6.79. The zero-order valence-electron chi connectivity index (χ0n) is 19.0. The molecule has 1 unspecified atom stereocenters. The maximum absolute atomic E-state index is 11.9. The van der Waals surface area contributed by atoms with Crippen LogP contribution in [0, 0.1) is 0 Å². The van der Waals surface area contributed by atoms with E-state index < -0.39 is 38.4 Å². The van der Waals surface area contributed by atoms with E-state index in [0.717, 1.165) is 20.4 Å². The third-order valence-electron chi connectivity index (χ3n) is 3.31. The lowest BCUT2D eigenvalue weighted by Gasteiger charge is -2.18. The summed E-state index contributed by atoms with van der Waals surface area (Å²) in [7, 11) is -4.48. The van der Waals surface area contributed by atoms with Gasteiger partial charge in [-0.1, -0.05) is 13.8 Å². The second kappa shape index (κ2) is 17.9. The van der Waals surface area contributed by atoms with Crippen LogP contribution in [0.4, 0.5) is 0 Å². The molecule has 2 atom stereocenters. The molecule has 0 fully saturated rings. The van der Waals surface area contributed by atoms with Gasteiger partial charge in [0.25, 0.3) is 0 Å². The van der Waals surface area contributed by atoms with Crippen molar-refractivity contribution in [2.75, 3.05) is 59.3 Å². The van der Waals surface area contributed by atoms with Crippen LogP contribution in [-0.2, 0) is 46.9 Å². The van der Waals surface area contributed by atoms with E-state index in [9.17, 15) is 23.8 Å². The predicted molar refractivity (Wildman–Crippen MR) is 112 cm³/mol. The minimum atomic E-state index is -4.48. The Bertz CT molecular complexity index is 603. The van der Waals surface area contributed by atoms with Crippen molar-refractivity contribution in [2.24, 2.45) is 0 Å². The fraction of sp³-hybridized carbons (Fsp3) is 0.833. The lowest BCUT2D eigenvalue weighted by Crippen LogP contribution is -2.31. The molecule has 0 heterocycles. The Morgan fingerprint density at radius 1 is 0.906 bits per heavy atom. The van der Waals surface area contributed by atoms with Crippen molar-refractivity contribution < 1.29 is 51.8 Å². The summed E-state index contributed by atoms with van der Waals surface area (Å²) < 4.78 is 41.3. The fourth-order valence-corrected chi connectivity index (χ4v) is 2.73. The Morgan fingerprint density at radius 3 is 2.22 bits per heavy atom. The largest absolute Gasteiger partial charge is 0.472 e. The summed E-state index contributed by atoms with van der Waals surface area (Å²) in [6.07, 6.45) is -1.08. The first-order valence-corrected chi connectivity index (χ1v) is 11.6. The van der Waals surface area contributed by atoms with Crippen molar-refractivity contribution in [3.05, 3.63) is 0 Å². The first-order chi connectivity index (χ1) is 15.0. The molecule has 0 saturated heterocycles. The van der Waals surface area contributed by atoms with Crippen molar-refractivity contribution in [2.45, 2.75) is 39.8 Å². The zero-order chi connectivity index (χ0) is 24.4. The second-order valence-electron chi connectivity index (χ2n) is 6.76. The minimum Gasteiger partial charge on any atom is -0.462 e. The number of carbonyl (C=O) groups is 3. The minimum absolute atomic E-state index is 0.0612. The highest BCUT2D eigenvalue weighted by Gasteiger charge is 2.25. The van der Waals surface area contributed by atoms with Crippen LogP contribution >= 0.6 is 7.82 Å². The molecule has 0 radical (unpaired) electrons. The predicted octanol–water partition coefficient (Wildman–Crippen LogP) is -0.238. The molecule has 0 saturated carbocycles. The first kappa shape index (κ1) is 30.4. The van der Waals surface area contributed by atoms with Crippen molar-refractivity contribution in [3.63, 3.8) is 0 Å². The molecule has 0 aromatic heterocycles. The Kier molecular flexibility index (Phi) is 17.0. The summed E-state index contributed by atoms with van der Waals surface area (Å²) in [6, 6.07) is 0.388. The van der Waals surface area contributed by atoms with Crippen molar-refractivity contribution in [1.82, 2.24) is 10.6 Å². The topological polar surface area (TPSA) is 168 Å². The first-order valence-electron chi connectivity index (χ1n) is 10.1. The van der Waals surface area contributed by atoms with Crippen LogP contribution < -0.4 is 10.6 Å². The van der Waals surface area contributed by atoms with E-state index in [2.05, 4.69) is 15.4 Å². The molecule has 13 nitrogen and oxygen atoms in total. The lowest BCUT2D eigenvalue weighted by molar-refractivity contribution is -0.158. The van der Waals surface area contributed by atoms with Gasteiger partial charge >= 0.3 is 19.8 Å². The standard InChI is InChI=1S/C18H35N2O11P/c1-14(2)19-5-7-26-9-10-27-13-18(23)20-6-8-29-32(24,25)30-12-17(31-16(4)22)11-28-15(3)21/h14,17,19H,5-13H2,1-4H3,(H,20,23)(H,24,25)/t17-/m1/s1. The van der Waals surface area contributed by atoms with Gasteiger partial charge in [0.2, 0.25) is 5.91 Å². The quantitative estimate of drug-likeness (QED) is 0.125. The number of rotatable bonds is 19. The molecule has 0 aromatic rings. The molecule has 0 aliphatic carbocycles. The number of ether oxygens (including phenoxy) is 4. The van der Waals surface area contributed by atoms with E-state index in [-0.39, 0.29) is 33.0 Å². The van der Waals surface area contributed by atoms with Gasteiger partial charge < -0.3 is 34.5 Å². The molecule has 0 bridgehead atoms. The number of phosphoric acid groups is 1. The third-order valence-corrected chi connectivity index (χ3v) is 4.30. The normalized spacial score (nSPS) is 13.9.